The van der Waals surface area contributed by atoms with Crippen LogP contribution in [-0.2, 0) is 0 Å². The van der Waals surface area contributed by atoms with Crippen molar-refractivity contribution in [1.82, 2.24) is 9.97 Å². The van der Waals surface area contributed by atoms with Crippen LogP contribution in [-0.4, -0.2) is 9.97 Å². The standard InChI is InChI=1S/C14H9ClFN3O/c15-11-4-2-9(6-12(11)16)20-14-10-3-1-8(17)5-13(10)18-7-19-14/h1-7H,17H2. The topological polar surface area (TPSA) is 61.0 Å². The quantitative estimate of drug-likeness (QED) is 0.729. The minimum atomic E-state index is -0.549. The lowest BCUT2D eigenvalue weighted by molar-refractivity contribution is 0.463. The first-order chi connectivity index (χ1) is 9.63. The van der Waals surface area contributed by atoms with Crippen LogP contribution in [0.4, 0.5) is 10.1 Å². The van der Waals surface area contributed by atoms with Crippen molar-refractivity contribution in [1.29, 1.82) is 0 Å². The summed E-state index contributed by atoms with van der Waals surface area (Å²) in [5.41, 5.74) is 6.95. The summed E-state index contributed by atoms with van der Waals surface area (Å²) in [5, 5.41) is 0.731. The zero-order chi connectivity index (χ0) is 14.1. The first-order valence-corrected chi connectivity index (χ1v) is 6.14. The molecular formula is C14H9ClFN3O. The van der Waals surface area contributed by atoms with E-state index in [1.165, 1.54) is 18.5 Å². The Balaban J connectivity index is 2.04. The number of nitrogens with zero attached hydrogens (tertiary/aromatic N) is 2. The number of benzene rings is 2. The van der Waals surface area contributed by atoms with Gasteiger partial charge in [-0.15, -0.1) is 0 Å². The van der Waals surface area contributed by atoms with Crippen LogP contribution in [0.25, 0.3) is 10.9 Å². The van der Waals surface area contributed by atoms with Crippen LogP contribution in [0, 0.1) is 5.82 Å². The van der Waals surface area contributed by atoms with Gasteiger partial charge in [-0.05, 0) is 30.3 Å². The third kappa shape index (κ3) is 2.35. The fraction of sp³-hybridized carbons (Fsp3) is 0. The molecule has 6 heteroatoms. The molecule has 0 spiro atoms. The van der Waals surface area contributed by atoms with E-state index in [1.54, 1.807) is 24.3 Å². The Morgan fingerprint density at radius 1 is 1.10 bits per heavy atom. The molecule has 0 aliphatic heterocycles. The Labute approximate surface area is 119 Å². The number of ether oxygens (including phenoxy) is 1. The Morgan fingerprint density at radius 2 is 1.95 bits per heavy atom. The number of rotatable bonds is 2. The summed E-state index contributed by atoms with van der Waals surface area (Å²) in [6.07, 6.45) is 1.36. The molecule has 0 aliphatic rings. The van der Waals surface area contributed by atoms with Gasteiger partial charge in [0.1, 0.15) is 17.9 Å². The molecule has 0 atom stereocenters. The number of fused-ring (bicyclic) bond motifs is 1. The Kier molecular flexibility index (Phi) is 3.12. The lowest BCUT2D eigenvalue weighted by atomic mass is 10.2. The number of anilines is 1. The van der Waals surface area contributed by atoms with E-state index in [9.17, 15) is 4.39 Å². The summed E-state index contributed by atoms with van der Waals surface area (Å²) in [6.45, 7) is 0. The van der Waals surface area contributed by atoms with Crippen LogP contribution in [0.5, 0.6) is 11.6 Å². The second-order valence-corrected chi connectivity index (χ2v) is 4.54. The van der Waals surface area contributed by atoms with E-state index in [0.29, 0.717) is 28.2 Å². The van der Waals surface area contributed by atoms with E-state index in [1.807, 2.05) is 0 Å². The van der Waals surface area contributed by atoms with Crippen LogP contribution in [0.3, 0.4) is 0 Å². The number of aromatic nitrogens is 2. The zero-order valence-electron chi connectivity index (χ0n) is 10.2. The molecule has 0 amide bonds. The van der Waals surface area contributed by atoms with Gasteiger partial charge in [0, 0.05) is 11.8 Å². The summed E-state index contributed by atoms with van der Waals surface area (Å²) in [4.78, 5) is 8.16. The van der Waals surface area contributed by atoms with Crippen LogP contribution in [0.1, 0.15) is 0 Å². The highest BCUT2D eigenvalue weighted by Crippen LogP contribution is 2.29. The van der Waals surface area contributed by atoms with Crippen molar-refractivity contribution in [2.75, 3.05) is 5.73 Å². The second kappa shape index (κ2) is 4.94. The van der Waals surface area contributed by atoms with Gasteiger partial charge < -0.3 is 10.5 Å². The van der Waals surface area contributed by atoms with Crippen molar-refractivity contribution in [2.24, 2.45) is 0 Å². The normalized spacial score (nSPS) is 10.7. The van der Waals surface area contributed by atoms with E-state index in [2.05, 4.69) is 9.97 Å². The van der Waals surface area contributed by atoms with Gasteiger partial charge in [0.15, 0.2) is 0 Å². The van der Waals surface area contributed by atoms with E-state index < -0.39 is 5.82 Å². The second-order valence-electron chi connectivity index (χ2n) is 4.13. The van der Waals surface area contributed by atoms with Crippen LogP contribution in [0.2, 0.25) is 5.02 Å². The summed E-state index contributed by atoms with van der Waals surface area (Å²) in [7, 11) is 0. The fourth-order valence-electron chi connectivity index (χ4n) is 1.78. The Hall–Kier alpha value is -2.40. The smallest absolute Gasteiger partial charge is 0.230 e. The van der Waals surface area contributed by atoms with Gasteiger partial charge >= 0.3 is 0 Å². The first-order valence-electron chi connectivity index (χ1n) is 5.76. The molecule has 0 radical (unpaired) electrons. The summed E-state index contributed by atoms with van der Waals surface area (Å²) < 4.78 is 19.0. The van der Waals surface area contributed by atoms with Gasteiger partial charge in [-0.25, -0.2) is 14.4 Å². The number of hydrogen-bond acceptors (Lipinski definition) is 4. The highest BCUT2D eigenvalue weighted by atomic mass is 35.5. The zero-order valence-corrected chi connectivity index (χ0v) is 10.9. The van der Waals surface area contributed by atoms with E-state index in [-0.39, 0.29) is 5.02 Å². The van der Waals surface area contributed by atoms with E-state index >= 15 is 0 Å². The third-order valence-corrected chi connectivity index (χ3v) is 3.04. The van der Waals surface area contributed by atoms with Gasteiger partial charge in [0.25, 0.3) is 0 Å². The highest BCUT2D eigenvalue weighted by Gasteiger charge is 2.08. The van der Waals surface area contributed by atoms with Crippen molar-refractivity contribution < 1.29 is 9.13 Å². The van der Waals surface area contributed by atoms with Crippen molar-refractivity contribution in [2.45, 2.75) is 0 Å². The average molecular weight is 290 g/mol. The van der Waals surface area contributed by atoms with Crippen molar-refractivity contribution >= 4 is 28.2 Å². The minimum absolute atomic E-state index is 0.0395. The predicted molar refractivity (Wildman–Crippen MR) is 75.4 cm³/mol. The fourth-order valence-corrected chi connectivity index (χ4v) is 1.90. The molecule has 0 unspecified atom stereocenters. The molecule has 0 bridgehead atoms. The van der Waals surface area contributed by atoms with Crippen LogP contribution in [0.15, 0.2) is 42.7 Å². The van der Waals surface area contributed by atoms with E-state index in [4.69, 9.17) is 22.1 Å². The molecule has 1 aromatic heterocycles. The molecular weight excluding hydrogens is 281 g/mol. The molecule has 2 N–H and O–H groups in total. The van der Waals surface area contributed by atoms with Gasteiger partial charge in [-0.3, -0.25) is 0 Å². The minimum Gasteiger partial charge on any atom is -0.438 e. The number of halogens is 2. The summed E-state index contributed by atoms with van der Waals surface area (Å²) in [6, 6.07) is 9.39. The maximum Gasteiger partial charge on any atom is 0.230 e. The molecule has 3 aromatic rings. The highest BCUT2D eigenvalue weighted by molar-refractivity contribution is 6.30. The lowest BCUT2D eigenvalue weighted by Gasteiger charge is -2.08. The number of nitrogen functional groups attached to an aromatic ring is 1. The maximum atomic E-state index is 13.4. The Bertz CT molecular complexity index is 794. The lowest BCUT2D eigenvalue weighted by Crippen LogP contribution is -1.93. The number of nitrogens with two attached hydrogens (primary N) is 1. The first kappa shape index (κ1) is 12.6. The van der Waals surface area contributed by atoms with E-state index in [0.717, 1.165) is 0 Å². The van der Waals surface area contributed by atoms with Gasteiger partial charge in [0.2, 0.25) is 5.88 Å². The molecule has 20 heavy (non-hydrogen) atoms. The maximum absolute atomic E-state index is 13.4. The largest absolute Gasteiger partial charge is 0.438 e. The van der Waals surface area contributed by atoms with Gasteiger partial charge in [-0.2, -0.15) is 0 Å². The van der Waals surface area contributed by atoms with Crippen LogP contribution >= 0.6 is 11.6 Å². The summed E-state index contributed by atoms with van der Waals surface area (Å²) in [5.74, 6) is 0.0900. The third-order valence-electron chi connectivity index (χ3n) is 2.73. The van der Waals surface area contributed by atoms with Crippen molar-refractivity contribution in [3.05, 3.63) is 53.6 Å². The predicted octanol–water partition coefficient (Wildman–Crippen LogP) is 3.80. The molecule has 2 aromatic carbocycles. The van der Waals surface area contributed by atoms with Crippen molar-refractivity contribution in [3.8, 4) is 11.6 Å². The molecule has 0 saturated carbocycles. The van der Waals surface area contributed by atoms with Crippen LogP contribution < -0.4 is 10.5 Å². The van der Waals surface area contributed by atoms with Gasteiger partial charge in [0.05, 0.1) is 15.9 Å². The number of hydrogen-bond donors (Lipinski definition) is 1. The molecule has 0 aliphatic carbocycles. The molecule has 1 heterocycles. The van der Waals surface area contributed by atoms with Gasteiger partial charge in [-0.1, -0.05) is 11.6 Å². The van der Waals surface area contributed by atoms with Crippen molar-refractivity contribution in [3.63, 3.8) is 0 Å². The molecule has 3 rings (SSSR count). The molecule has 100 valence electrons. The summed E-state index contributed by atoms with van der Waals surface area (Å²) >= 11 is 5.63. The molecule has 4 nitrogen and oxygen atoms in total. The molecule has 0 saturated heterocycles. The Morgan fingerprint density at radius 3 is 2.75 bits per heavy atom. The SMILES string of the molecule is Nc1ccc2c(Oc3ccc(Cl)c(F)c3)ncnc2c1. The monoisotopic (exact) mass is 289 g/mol. The molecule has 0 fully saturated rings. The average Bonchev–Trinajstić information content (AvgIpc) is 2.43.